The summed E-state index contributed by atoms with van der Waals surface area (Å²) in [6.07, 6.45) is -10.9. The Morgan fingerprint density at radius 3 is 1.41 bits per heavy atom. The molecule has 0 bridgehead atoms. The molecule has 1 aromatic heterocycles. The van der Waals surface area contributed by atoms with Crippen molar-refractivity contribution in [2.45, 2.75) is 33.1 Å². The molecule has 152 valence electrons. The standard InChI is InChI=1S/C15H15F6NO5/c1-4-25-9-7(12(23)26-5-2)10(14(16,17)18)22-11(15(19,20)21)8(9)13(24)27-6-3/h4-6H2,1-3H3. The number of alkyl halides is 6. The van der Waals surface area contributed by atoms with E-state index in [4.69, 9.17) is 4.74 Å². The van der Waals surface area contributed by atoms with Crippen molar-refractivity contribution in [3.63, 3.8) is 0 Å². The minimum Gasteiger partial charge on any atom is -0.492 e. The maximum absolute atomic E-state index is 13.3. The lowest BCUT2D eigenvalue weighted by Gasteiger charge is -2.21. The number of carbonyl (C=O) groups excluding carboxylic acids is 2. The van der Waals surface area contributed by atoms with Gasteiger partial charge in [-0.05, 0) is 20.8 Å². The fourth-order valence-corrected chi connectivity index (χ4v) is 2.05. The summed E-state index contributed by atoms with van der Waals surface area (Å²) in [6, 6.07) is 0. The predicted octanol–water partition coefficient (Wildman–Crippen LogP) is 3.87. The largest absolute Gasteiger partial charge is 0.492 e. The van der Waals surface area contributed by atoms with Crippen LogP contribution in [0.25, 0.3) is 0 Å². The van der Waals surface area contributed by atoms with Crippen molar-refractivity contribution in [1.29, 1.82) is 0 Å². The Labute approximate surface area is 149 Å². The average Bonchev–Trinajstić information content (AvgIpc) is 2.52. The van der Waals surface area contributed by atoms with Crippen molar-refractivity contribution in [2.75, 3.05) is 19.8 Å². The fourth-order valence-electron chi connectivity index (χ4n) is 2.05. The lowest BCUT2D eigenvalue weighted by molar-refractivity contribution is -0.151. The molecule has 12 heteroatoms. The summed E-state index contributed by atoms with van der Waals surface area (Å²) in [5, 5.41) is 0. The molecular weight excluding hydrogens is 388 g/mol. The van der Waals surface area contributed by atoms with Crippen LogP contribution in [0.5, 0.6) is 5.75 Å². The molecule has 0 atom stereocenters. The van der Waals surface area contributed by atoms with Gasteiger partial charge >= 0.3 is 24.3 Å². The number of hydrogen-bond acceptors (Lipinski definition) is 6. The molecule has 0 amide bonds. The number of ether oxygens (including phenoxy) is 3. The van der Waals surface area contributed by atoms with Gasteiger partial charge in [0.05, 0.1) is 19.8 Å². The zero-order valence-electron chi connectivity index (χ0n) is 14.4. The lowest BCUT2D eigenvalue weighted by Crippen LogP contribution is -2.27. The highest BCUT2D eigenvalue weighted by molar-refractivity contribution is 6.01. The summed E-state index contributed by atoms with van der Waals surface area (Å²) in [6.45, 7) is 2.59. The Balaban J connectivity index is 4.06. The second kappa shape index (κ2) is 8.44. The molecule has 1 rings (SSSR count). The third-order valence-electron chi connectivity index (χ3n) is 2.94. The van der Waals surface area contributed by atoms with Gasteiger partial charge in [-0.25, -0.2) is 14.6 Å². The van der Waals surface area contributed by atoms with Gasteiger partial charge in [0.2, 0.25) is 0 Å². The van der Waals surface area contributed by atoms with Crippen LogP contribution in [0.3, 0.4) is 0 Å². The molecule has 0 aliphatic rings. The Morgan fingerprint density at radius 1 is 0.778 bits per heavy atom. The lowest BCUT2D eigenvalue weighted by atomic mass is 10.0. The van der Waals surface area contributed by atoms with Crippen LogP contribution in [0.4, 0.5) is 26.3 Å². The second-order valence-electron chi connectivity index (χ2n) is 4.76. The summed E-state index contributed by atoms with van der Waals surface area (Å²) >= 11 is 0. The van der Waals surface area contributed by atoms with Gasteiger partial charge < -0.3 is 14.2 Å². The Kier molecular flexibility index (Phi) is 7.04. The van der Waals surface area contributed by atoms with E-state index in [9.17, 15) is 35.9 Å². The first-order valence-corrected chi connectivity index (χ1v) is 7.59. The minimum atomic E-state index is -5.46. The number of esters is 2. The first-order valence-electron chi connectivity index (χ1n) is 7.59. The highest BCUT2D eigenvalue weighted by Gasteiger charge is 2.48. The quantitative estimate of drug-likeness (QED) is 0.530. The van der Waals surface area contributed by atoms with Crippen LogP contribution in [0.2, 0.25) is 0 Å². The van der Waals surface area contributed by atoms with E-state index in [1.807, 2.05) is 0 Å². The summed E-state index contributed by atoms with van der Waals surface area (Å²) in [5.41, 5.74) is -7.21. The molecule has 0 unspecified atom stereocenters. The van der Waals surface area contributed by atoms with Gasteiger partial charge in [-0.3, -0.25) is 0 Å². The molecule has 0 fully saturated rings. The summed E-state index contributed by atoms with van der Waals surface area (Å²) in [7, 11) is 0. The molecule has 0 aliphatic heterocycles. The number of pyridine rings is 1. The van der Waals surface area contributed by atoms with Gasteiger partial charge in [0.1, 0.15) is 11.1 Å². The second-order valence-corrected chi connectivity index (χ2v) is 4.76. The van der Waals surface area contributed by atoms with E-state index in [1.54, 1.807) is 0 Å². The van der Waals surface area contributed by atoms with E-state index in [0.717, 1.165) is 0 Å². The van der Waals surface area contributed by atoms with Crippen LogP contribution < -0.4 is 4.74 Å². The third kappa shape index (κ3) is 5.01. The van der Waals surface area contributed by atoms with Crippen LogP contribution in [0, 0.1) is 0 Å². The Morgan fingerprint density at radius 2 is 1.15 bits per heavy atom. The van der Waals surface area contributed by atoms with E-state index in [2.05, 4.69) is 14.5 Å². The van der Waals surface area contributed by atoms with E-state index >= 15 is 0 Å². The van der Waals surface area contributed by atoms with Gasteiger partial charge in [0.15, 0.2) is 17.1 Å². The van der Waals surface area contributed by atoms with Crippen molar-refractivity contribution in [2.24, 2.45) is 0 Å². The Bertz CT molecular complexity index is 660. The average molecular weight is 403 g/mol. The van der Waals surface area contributed by atoms with Gasteiger partial charge in [-0.2, -0.15) is 26.3 Å². The van der Waals surface area contributed by atoms with E-state index in [1.165, 1.54) is 20.8 Å². The van der Waals surface area contributed by atoms with Gasteiger partial charge in [0.25, 0.3) is 0 Å². The molecule has 0 saturated heterocycles. The summed E-state index contributed by atoms with van der Waals surface area (Å²) in [4.78, 5) is 26.6. The number of halogens is 6. The van der Waals surface area contributed by atoms with Crippen LogP contribution >= 0.6 is 0 Å². The number of rotatable bonds is 6. The molecule has 0 radical (unpaired) electrons. The molecule has 6 nitrogen and oxygen atoms in total. The maximum atomic E-state index is 13.3. The van der Waals surface area contributed by atoms with Crippen LogP contribution in [0.15, 0.2) is 0 Å². The van der Waals surface area contributed by atoms with E-state index in [0.29, 0.717) is 0 Å². The molecule has 0 spiro atoms. The minimum absolute atomic E-state index is 0.378. The topological polar surface area (TPSA) is 74.7 Å². The molecule has 0 aromatic carbocycles. The fraction of sp³-hybridized carbons (Fsp3) is 0.533. The van der Waals surface area contributed by atoms with Crippen molar-refractivity contribution < 1.29 is 50.1 Å². The van der Waals surface area contributed by atoms with Crippen LogP contribution in [0.1, 0.15) is 52.9 Å². The van der Waals surface area contributed by atoms with Crippen molar-refractivity contribution in [3.05, 3.63) is 22.5 Å². The van der Waals surface area contributed by atoms with E-state index < -0.39 is 59.2 Å². The zero-order chi connectivity index (χ0) is 21.0. The Hall–Kier alpha value is -2.53. The van der Waals surface area contributed by atoms with Crippen molar-refractivity contribution in [3.8, 4) is 5.75 Å². The number of aromatic nitrogens is 1. The molecular formula is C15H15F6NO5. The predicted molar refractivity (Wildman–Crippen MR) is 77.3 cm³/mol. The van der Waals surface area contributed by atoms with Crippen LogP contribution in [-0.2, 0) is 21.8 Å². The van der Waals surface area contributed by atoms with Gasteiger partial charge in [-0.1, -0.05) is 0 Å². The SMILES string of the molecule is CCOC(=O)c1c(C(F)(F)F)nc(C(F)(F)F)c(C(=O)OCC)c1OCC. The molecule has 0 aliphatic carbocycles. The third-order valence-corrected chi connectivity index (χ3v) is 2.94. The van der Waals surface area contributed by atoms with Gasteiger partial charge in [0, 0.05) is 0 Å². The number of carbonyl (C=O) groups is 2. The monoisotopic (exact) mass is 403 g/mol. The molecule has 1 heterocycles. The molecule has 0 saturated carbocycles. The van der Waals surface area contributed by atoms with Crippen LogP contribution in [-0.4, -0.2) is 36.7 Å². The highest BCUT2D eigenvalue weighted by Crippen LogP contribution is 2.43. The molecule has 1 aromatic rings. The van der Waals surface area contributed by atoms with Gasteiger partial charge in [-0.15, -0.1) is 0 Å². The van der Waals surface area contributed by atoms with E-state index in [-0.39, 0.29) is 13.2 Å². The molecule has 0 N–H and O–H groups in total. The summed E-state index contributed by atoms with van der Waals surface area (Å²) in [5.74, 6) is -4.52. The maximum Gasteiger partial charge on any atom is 0.434 e. The van der Waals surface area contributed by atoms with Crippen molar-refractivity contribution >= 4 is 11.9 Å². The highest BCUT2D eigenvalue weighted by atomic mass is 19.4. The molecule has 27 heavy (non-hydrogen) atoms. The van der Waals surface area contributed by atoms with Crippen molar-refractivity contribution in [1.82, 2.24) is 4.98 Å². The normalized spacial score (nSPS) is 11.9. The first-order chi connectivity index (χ1) is 12.4. The number of nitrogens with zero attached hydrogens (tertiary/aromatic N) is 1. The first kappa shape index (κ1) is 22.5. The summed E-state index contributed by atoms with van der Waals surface area (Å²) < 4.78 is 93.6. The smallest absolute Gasteiger partial charge is 0.434 e. The zero-order valence-corrected chi connectivity index (χ0v) is 14.4. The number of hydrogen-bond donors (Lipinski definition) is 0.